The van der Waals surface area contributed by atoms with Crippen LogP contribution in [0.1, 0.15) is 16.1 Å². The lowest BCUT2D eigenvalue weighted by molar-refractivity contribution is 0.102. The number of benzene rings is 3. The van der Waals surface area contributed by atoms with E-state index < -0.39 is 0 Å². The number of carbonyl (C=O) groups is 1. The van der Waals surface area contributed by atoms with E-state index in [2.05, 4.69) is 10.4 Å². The molecule has 1 amide bonds. The van der Waals surface area contributed by atoms with Crippen LogP contribution in [0.5, 0.6) is 11.5 Å². The molecular weight excluding hydrogens is 390 g/mol. The summed E-state index contributed by atoms with van der Waals surface area (Å²) in [5.74, 6) is 1.05. The molecule has 0 saturated carbocycles. The number of hydrogen-bond donors (Lipinski definition) is 1. The predicted octanol–water partition coefficient (Wildman–Crippen LogP) is 5.12. The molecule has 1 N–H and O–H groups in total. The Hall–Kier alpha value is -4.06. The number of para-hydroxylation sites is 1. The Balaban J connectivity index is 1.74. The van der Waals surface area contributed by atoms with E-state index in [4.69, 9.17) is 9.47 Å². The average Bonchev–Trinajstić information content (AvgIpc) is 3.26. The maximum atomic E-state index is 13.1. The fourth-order valence-corrected chi connectivity index (χ4v) is 3.33. The van der Waals surface area contributed by atoms with Gasteiger partial charge in [-0.25, -0.2) is 4.68 Å². The van der Waals surface area contributed by atoms with Gasteiger partial charge in [-0.15, -0.1) is 0 Å². The first-order chi connectivity index (χ1) is 15.1. The number of nitrogens with zero attached hydrogens (tertiary/aromatic N) is 2. The van der Waals surface area contributed by atoms with Gasteiger partial charge in [0, 0.05) is 5.56 Å². The molecule has 4 rings (SSSR count). The lowest BCUT2D eigenvalue weighted by Gasteiger charge is -2.10. The maximum Gasteiger partial charge on any atom is 0.276 e. The number of hydrogen-bond acceptors (Lipinski definition) is 4. The van der Waals surface area contributed by atoms with E-state index in [1.807, 2.05) is 79.7 Å². The largest absolute Gasteiger partial charge is 0.497 e. The van der Waals surface area contributed by atoms with Crippen LogP contribution in [0.15, 0.2) is 78.9 Å². The number of nitrogens with one attached hydrogen (secondary N) is 1. The van der Waals surface area contributed by atoms with Crippen molar-refractivity contribution in [3.63, 3.8) is 0 Å². The highest BCUT2D eigenvalue weighted by molar-refractivity contribution is 6.04. The normalized spacial score (nSPS) is 10.5. The molecule has 4 aromatic rings. The first-order valence-corrected chi connectivity index (χ1v) is 9.85. The number of methoxy groups -OCH3 is 2. The Labute approximate surface area is 181 Å². The minimum atomic E-state index is -0.312. The van der Waals surface area contributed by atoms with Crippen LogP contribution >= 0.6 is 0 Å². The molecular formula is C25H23N3O3. The summed E-state index contributed by atoms with van der Waals surface area (Å²) in [4.78, 5) is 13.1. The second kappa shape index (κ2) is 8.75. The summed E-state index contributed by atoms with van der Waals surface area (Å²) in [5, 5.41) is 7.53. The monoisotopic (exact) mass is 413 g/mol. The van der Waals surface area contributed by atoms with Crippen molar-refractivity contribution in [1.82, 2.24) is 9.78 Å². The number of aromatic nitrogens is 2. The lowest BCUT2D eigenvalue weighted by Crippen LogP contribution is -2.14. The maximum absolute atomic E-state index is 13.1. The zero-order chi connectivity index (χ0) is 21.8. The summed E-state index contributed by atoms with van der Waals surface area (Å²) >= 11 is 0. The van der Waals surface area contributed by atoms with Crippen molar-refractivity contribution < 1.29 is 14.3 Å². The fourth-order valence-electron chi connectivity index (χ4n) is 3.33. The van der Waals surface area contributed by atoms with Gasteiger partial charge in [0.25, 0.3) is 5.91 Å². The second-order valence-electron chi connectivity index (χ2n) is 7.05. The molecule has 6 nitrogen and oxygen atoms in total. The number of rotatable bonds is 6. The Morgan fingerprint density at radius 3 is 2.32 bits per heavy atom. The van der Waals surface area contributed by atoms with E-state index in [9.17, 15) is 4.79 Å². The molecule has 0 bridgehead atoms. The molecule has 0 radical (unpaired) electrons. The minimum Gasteiger partial charge on any atom is -0.497 e. The molecule has 0 saturated heterocycles. The lowest BCUT2D eigenvalue weighted by atomic mass is 10.1. The van der Waals surface area contributed by atoms with Crippen molar-refractivity contribution in [1.29, 1.82) is 0 Å². The molecule has 0 aliphatic heterocycles. The van der Waals surface area contributed by atoms with Crippen molar-refractivity contribution in [3.8, 4) is 28.4 Å². The van der Waals surface area contributed by atoms with Crippen molar-refractivity contribution >= 4 is 11.6 Å². The third-order valence-corrected chi connectivity index (χ3v) is 4.93. The van der Waals surface area contributed by atoms with Gasteiger partial charge >= 0.3 is 0 Å². The smallest absolute Gasteiger partial charge is 0.276 e. The molecule has 0 aliphatic rings. The van der Waals surface area contributed by atoms with Crippen LogP contribution in [-0.4, -0.2) is 29.9 Å². The average molecular weight is 413 g/mol. The molecule has 1 heterocycles. The number of amides is 1. The zero-order valence-corrected chi connectivity index (χ0v) is 17.6. The number of anilines is 1. The Bertz CT molecular complexity index is 1200. The second-order valence-corrected chi connectivity index (χ2v) is 7.05. The first kappa shape index (κ1) is 20.2. The highest BCUT2D eigenvalue weighted by Gasteiger charge is 2.18. The van der Waals surface area contributed by atoms with Crippen LogP contribution in [-0.2, 0) is 0 Å². The summed E-state index contributed by atoms with van der Waals surface area (Å²) in [7, 11) is 3.21. The van der Waals surface area contributed by atoms with Crippen LogP contribution in [0.4, 0.5) is 5.69 Å². The molecule has 1 aromatic heterocycles. The molecule has 156 valence electrons. The molecule has 3 aromatic carbocycles. The van der Waals surface area contributed by atoms with E-state index >= 15 is 0 Å². The Morgan fingerprint density at radius 1 is 0.903 bits per heavy atom. The number of carbonyl (C=O) groups excluding carboxylic acids is 1. The summed E-state index contributed by atoms with van der Waals surface area (Å²) in [6, 6.07) is 24.8. The SMILES string of the molecule is COc1ccc(-c2cc(C(=O)Nc3cc(C)ccc3OC)nn2-c2ccccc2)cc1. The van der Waals surface area contributed by atoms with Gasteiger partial charge in [0.05, 0.1) is 31.3 Å². The molecule has 0 spiro atoms. The van der Waals surface area contributed by atoms with Crippen molar-refractivity contribution in [2.45, 2.75) is 6.92 Å². The molecule has 0 unspecified atom stereocenters. The van der Waals surface area contributed by atoms with Crippen molar-refractivity contribution in [3.05, 3.63) is 90.1 Å². The van der Waals surface area contributed by atoms with Gasteiger partial charge in [0.1, 0.15) is 11.5 Å². The summed E-state index contributed by atoms with van der Waals surface area (Å²) < 4.78 is 12.4. The zero-order valence-electron chi connectivity index (χ0n) is 17.6. The number of ether oxygens (including phenoxy) is 2. The van der Waals surface area contributed by atoms with Crippen molar-refractivity contribution in [2.75, 3.05) is 19.5 Å². The molecule has 31 heavy (non-hydrogen) atoms. The van der Waals surface area contributed by atoms with Crippen LogP contribution in [0, 0.1) is 6.92 Å². The summed E-state index contributed by atoms with van der Waals surface area (Å²) in [5.41, 5.74) is 4.51. The van der Waals surface area contributed by atoms with Crippen molar-refractivity contribution in [2.24, 2.45) is 0 Å². The van der Waals surface area contributed by atoms with E-state index in [0.29, 0.717) is 17.1 Å². The molecule has 6 heteroatoms. The van der Waals surface area contributed by atoms with Gasteiger partial charge in [0.15, 0.2) is 5.69 Å². The molecule has 0 aliphatic carbocycles. The predicted molar refractivity (Wildman–Crippen MR) is 121 cm³/mol. The van der Waals surface area contributed by atoms with Gasteiger partial charge in [-0.1, -0.05) is 24.3 Å². The highest BCUT2D eigenvalue weighted by atomic mass is 16.5. The standard InChI is InChI=1S/C25H23N3O3/c1-17-9-14-24(31-3)21(15-17)26-25(29)22-16-23(18-10-12-20(30-2)13-11-18)28(27-22)19-7-5-4-6-8-19/h4-16H,1-3H3,(H,26,29). The number of aryl methyl sites for hydroxylation is 1. The fraction of sp³-hybridized carbons (Fsp3) is 0.120. The quantitative estimate of drug-likeness (QED) is 0.477. The van der Waals surface area contributed by atoms with Crippen LogP contribution in [0.25, 0.3) is 16.9 Å². The van der Waals surface area contributed by atoms with Gasteiger partial charge < -0.3 is 14.8 Å². The topological polar surface area (TPSA) is 65.4 Å². The Kier molecular flexibility index (Phi) is 5.71. The van der Waals surface area contributed by atoms with E-state index in [1.165, 1.54) is 0 Å². The van der Waals surface area contributed by atoms with Gasteiger partial charge in [-0.2, -0.15) is 5.10 Å². The van der Waals surface area contributed by atoms with Crippen LogP contribution in [0.2, 0.25) is 0 Å². The van der Waals surface area contributed by atoms with Crippen LogP contribution in [0.3, 0.4) is 0 Å². The van der Waals surface area contributed by atoms with Gasteiger partial charge in [-0.3, -0.25) is 4.79 Å². The minimum absolute atomic E-state index is 0.304. The van der Waals surface area contributed by atoms with Gasteiger partial charge in [0.2, 0.25) is 0 Å². The van der Waals surface area contributed by atoms with Gasteiger partial charge in [-0.05, 0) is 67.1 Å². The summed E-state index contributed by atoms with van der Waals surface area (Å²) in [6.45, 7) is 1.96. The molecule has 0 fully saturated rings. The third-order valence-electron chi connectivity index (χ3n) is 4.93. The third kappa shape index (κ3) is 4.28. The highest BCUT2D eigenvalue weighted by Crippen LogP contribution is 2.28. The van der Waals surface area contributed by atoms with E-state index in [0.717, 1.165) is 28.3 Å². The van der Waals surface area contributed by atoms with Crippen LogP contribution < -0.4 is 14.8 Å². The summed E-state index contributed by atoms with van der Waals surface area (Å²) in [6.07, 6.45) is 0. The van der Waals surface area contributed by atoms with E-state index in [1.54, 1.807) is 25.0 Å². The first-order valence-electron chi connectivity index (χ1n) is 9.85. The van der Waals surface area contributed by atoms with E-state index in [-0.39, 0.29) is 5.91 Å². The molecule has 0 atom stereocenters. The Morgan fingerprint density at radius 2 is 1.65 bits per heavy atom.